The summed E-state index contributed by atoms with van der Waals surface area (Å²) < 4.78 is 5.71. The third-order valence-electron chi connectivity index (χ3n) is 2.45. The molecule has 0 fully saturated rings. The highest BCUT2D eigenvalue weighted by Crippen LogP contribution is 2.26. The Hall–Kier alpha value is -1.50. The van der Waals surface area contributed by atoms with Gasteiger partial charge in [-0.25, -0.2) is 0 Å². The van der Waals surface area contributed by atoms with Crippen molar-refractivity contribution in [2.24, 2.45) is 0 Å². The van der Waals surface area contributed by atoms with Gasteiger partial charge in [0.05, 0.1) is 0 Å². The number of allylic oxidation sites excluding steroid dienone is 1. The highest BCUT2D eigenvalue weighted by atomic mass is 16.3. The fraction of sp³-hybridized carbons (Fsp3) is 0.231. The maximum absolute atomic E-state index is 5.71. The minimum atomic E-state index is 0.966. The first kappa shape index (κ1) is 9.07. The zero-order valence-corrected chi connectivity index (χ0v) is 8.79. The van der Waals surface area contributed by atoms with Crippen LogP contribution in [0.3, 0.4) is 0 Å². The van der Waals surface area contributed by atoms with Gasteiger partial charge >= 0.3 is 0 Å². The van der Waals surface area contributed by atoms with E-state index < -0.39 is 0 Å². The molecule has 2 aromatic rings. The first-order chi connectivity index (χ1) is 6.72. The summed E-state index contributed by atoms with van der Waals surface area (Å²) in [6, 6.07) is 6.27. The number of fused-ring (bicyclic) bond motifs is 1. The fourth-order valence-corrected chi connectivity index (χ4v) is 1.66. The standard InChI is InChI=1S/C13H14O/c1-4-5-12-10(3)11-8-9(2)6-7-13(11)14-12/h4-8H,1-3H3/b5-4-. The molecule has 0 bridgehead atoms. The summed E-state index contributed by atoms with van der Waals surface area (Å²) in [4.78, 5) is 0. The molecular formula is C13H14O. The Kier molecular flexibility index (Phi) is 2.16. The van der Waals surface area contributed by atoms with Crippen molar-refractivity contribution >= 4 is 17.0 Å². The lowest BCUT2D eigenvalue weighted by atomic mass is 10.1. The van der Waals surface area contributed by atoms with Gasteiger partial charge in [-0.15, -0.1) is 0 Å². The first-order valence-corrected chi connectivity index (χ1v) is 4.85. The van der Waals surface area contributed by atoms with E-state index in [0.717, 1.165) is 11.3 Å². The Balaban J connectivity index is 2.74. The topological polar surface area (TPSA) is 13.1 Å². The molecule has 0 aliphatic rings. The molecule has 1 heteroatoms. The van der Waals surface area contributed by atoms with E-state index in [1.54, 1.807) is 0 Å². The average molecular weight is 186 g/mol. The SMILES string of the molecule is C/C=C\c1oc2ccc(C)cc2c1C. The molecule has 0 saturated carbocycles. The van der Waals surface area contributed by atoms with Crippen LogP contribution in [0.2, 0.25) is 0 Å². The average Bonchev–Trinajstić information content (AvgIpc) is 2.46. The Morgan fingerprint density at radius 1 is 1.21 bits per heavy atom. The summed E-state index contributed by atoms with van der Waals surface area (Å²) in [5.41, 5.74) is 3.47. The van der Waals surface area contributed by atoms with Crippen molar-refractivity contribution < 1.29 is 4.42 Å². The largest absolute Gasteiger partial charge is 0.456 e. The van der Waals surface area contributed by atoms with Crippen LogP contribution in [-0.2, 0) is 0 Å². The number of benzene rings is 1. The maximum Gasteiger partial charge on any atom is 0.135 e. The molecule has 1 nitrogen and oxygen atoms in total. The van der Waals surface area contributed by atoms with Crippen LogP contribution in [-0.4, -0.2) is 0 Å². The normalized spacial score (nSPS) is 11.6. The number of aryl methyl sites for hydroxylation is 2. The second kappa shape index (κ2) is 3.33. The summed E-state index contributed by atoms with van der Waals surface area (Å²) in [6.45, 7) is 6.19. The fourth-order valence-electron chi connectivity index (χ4n) is 1.66. The van der Waals surface area contributed by atoms with E-state index in [-0.39, 0.29) is 0 Å². The van der Waals surface area contributed by atoms with Gasteiger partial charge in [-0.2, -0.15) is 0 Å². The Bertz CT molecular complexity index is 489. The minimum absolute atomic E-state index is 0.966. The van der Waals surface area contributed by atoms with Crippen molar-refractivity contribution in [1.82, 2.24) is 0 Å². The number of furan rings is 1. The molecule has 14 heavy (non-hydrogen) atoms. The van der Waals surface area contributed by atoms with Gasteiger partial charge in [0.25, 0.3) is 0 Å². The molecule has 1 aromatic heterocycles. The van der Waals surface area contributed by atoms with Crippen molar-refractivity contribution in [3.8, 4) is 0 Å². The van der Waals surface area contributed by atoms with Gasteiger partial charge in [-0.1, -0.05) is 17.7 Å². The maximum atomic E-state index is 5.71. The van der Waals surface area contributed by atoms with E-state index in [4.69, 9.17) is 4.42 Å². The van der Waals surface area contributed by atoms with Gasteiger partial charge in [0, 0.05) is 10.9 Å². The molecule has 0 unspecified atom stereocenters. The molecule has 1 heterocycles. The zero-order valence-electron chi connectivity index (χ0n) is 8.79. The predicted molar refractivity (Wildman–Crippen MR) is 60.4 cm³/mol. The van der Waals surface area contributed by atoms with Gasteiger partial charge in [-0.05, 0) is 39.0 Å². The van der Waals surface area contributed by atoms with E-state index in [1.807, 2.05) is 25.1 Å². The van der Waals surface area contributed by atoms with E-state index in [0.29, 0.717) is 0 Å². The molecule has 0 aliphatic heterocycles. The van der Waals surface area contributed by atoms with Crippen LogP contribution in [0, 0.1) is 13.8 Å². The van der Waals surface area contributed by atoms with Crippen molar-refractivity contribution in [1.29, 1.82) is 0 Å². The lowest BCUT2D eigenvalue weighted by Gasteiger charge is -1.91. The van der Waals surface area contributed by atoms with Crippen LogP contribution in [0.4, 0.5) is 0 Å². The highest BCUT2D eigenvalue weighted by Gasteiger charge is 2.07. The van der Waals surface area contributed by atoms with E-state index in [1.165, 1.54) is 16.5 Å². The number of hydrogen-bond acceptors (Lipinski definition) is 1. The number of hydrogen-bond donors (Lipinski definition) is 0. The molecular weight excluding hydrogens is 172 g/mol. The van der Waals surface area contributed by atoms with Crippen LogP contribution in [0.25, 0.3) is 17.0 Å². The molecule has 1 aromatic carbocycles. The summed E-state index contributed by atoms with van der Waals surface area (Å²) in [5, 5.41) is 1.22. The van der Waals surface area contributed by atoms with Gasteiger partial charge in [-0.3, -0.25) is 0 Å². The van der Waals surface area contributed by atoms with Gasteiger partial charge in [0.1, 0.15) is 11.3 Å². The Labute approximate surface area is 84.0 Å². The van der Waals surface area contributed by atoms with Crippen LogP contribution in [0.5, 0.6) is 0 Å². The Morgan fingerprint density at radius 3 is 2.71 bits per heavy atom. The molecule has 0 spiro atoms. The predicted octanol–water partition coefficient (Wildman–Crippen LogP) is 4.08. The summed E-state index contributed by atoms with van der Waals surface area (Å²) in [5.74, 6) is 0.966. The molecule has 0 amide bonds. The third kappa shape index (κ3) is 1.35. The zero-order chi connectivity index (χ0) is 10.1. The third-order valence-corrected chi connectivity index (χ3v) is 2.45. The molecule has 72 valence electrons. The number of rotatable bonds is 1. The monoisotopic (exact) mass is 186 g/mol. The van der Waals surface area contributed by atoms with E-state index in [2.05, 4.69) is 26.0 Å². The second-order valence-electron chi connectivity index (χ2n) is 3.59. The molecule has 0 atom stereocenters. The van der Waals surface area contributed by atoms with Gasteiger partial charge in [0.2, 0.25) is 0 Å². The van der Waals surface area contributed by atoms with Crippen molar-refractivity contribution in [2.45, 2.75) is 20.8 Å². The minimum Gasteiger partial charge on any atom is -0.456 e. The molecule has 0 aliphatic carbocycles. The van der Waals surface area contributed by atoms with Crippen molar-refractivity contribution in [2.75, 3.05) is 0 Å². The van der Waals surface area contributed by atoms with Crippen LogP contribution in [0.1, 0.15) is 23.8 Å². The van der Waals surface area contributed by atoms with Crippen LogP contribution < -0.4 is 0 Å². The highest BCUT2D eigenvalue weighted by molar-refractivity contribution is 5.84. The lowest BCUT2D eigenvalue weighted by Crippen LogP contribution is -1.73. The second-order valence-corrected chi connectivity index (χ2v) is 3.59. The van der Waals surface area contributed by atoms with E-state index >= 15 is 0 Å². The quantitative estimate of drug-likeness (QED) is 0.654. The molecule has 0 radical (unpaired) electrons. The van der Waals surface area contributed by atoms with Crippen molar-refractivity contribution in [3.63, 3.8) is 0 Å². The van der Waals surface area contributed by atoms with Crippen LogP contribution in [0.15, 0.2) is 28.7 Å². The van der Waals surface area contributed by atoms with Crippen molar-refractivity contribution in [3.05, 3.63) is 41.2 Å². The lowest BCUT2D eigenvalue weighted by molar-refractivity contribution is 0.601. The first-order valence-electron chi connectivity index (χ1n) is 4.85. The smallest absolute Gasteiger partial charge is 0.135 e. The molecule has 0 N–H and O–H groups in total. The molecule has 0 saturated heterocycles. The molecule has 2 rings (SSSR count). The van der Waals surface area contributed by atoms with E-state index in [9.17, 15) is 0 Å². The Morgan fingerprint density at radius 2 is 2.00 bits per heavy atom. The summed E-state index contributed by atoms with van der Waals surface area (Å²) >= 11 is 0. The summed E-state index contributed by atoms with van der Waals surface area (Å²) in [6.07, 6.45) is 4.00. The van der Waals surface area contributed by atoms with Gasteiger partial charge in [0.15, 0.2) is 0 Å². The summed E-state index contributed by atoms with van der Waals surface area (Å²) in [7, 11) is 0. The van der Waals surface area contributed by atoms with Crippen LogP contribution >= 0.6 is 0 Å². The van der Waals surface area contributed by atoms with Gasteiger partial charge < -0.3 is 4.42 Å².